The molecule has 0 radical (unpaired) electrons. The van der Waals surface area contributed by atoms with Crippen LogP contribution in [0.15, 0.2) is 48.5 Å². The number of rotatable bonds is 8. The molecule has 0 heterocycles. The third-order valence-electron chi connectivity index (χ3n) is 3.14. The molecule has 0 N–H and O–H groups in total. The average molecular weight is 394 g/mol. The Hall–Kier alpha value is -2.41. The lowest BCUT2D eigenvalue weighted by Gasteiger charge is -2.11. The van der Waals surface area contributed by atoms with Crippen LogP contribution < -0.4 is 4.74 Å². The molecule has 0 aliphatic rings. The number of esters is 1. The molecule has 0 saturated carbocycles. The quantitative estimate of drug-likeness (QED) is 0.221. The van der Waals surface area contributed by atoms with E-state index in [4.69, 9.17) is 9.47 Å². The molecule has 2 rings (SSSR count). The van der Waals surface area contributed by atoms with E-state index in [1.54, 1.807) is 0 Å². The zero-order valence-electron chi connectivity index (χ0n) is 12.8. The van der Waals surface area contributed by atoms with Gasteiger partial charge in [0.15, 0.2) is 0 Å². The van der Waals surface area contributed by atoms with Crippen molar-refractivity contribution in [3.05, 3.63) is 69.8 Å². The van der Waals surface area contributed by atoms with Crippen LogP contribution >= 0.6 is 15.9 Å². The number of ether oxygens (including phenoxy) is 2. The summed E-state index contributed by atoms with van der Waals surface area (Å²) in [5.41, 5.74) is 0.893. The summed E-state index contributed by atoms with van der Waals surface area (Å²) in [6.07, 6.45) is 0.710. The summed E-state index contributed by atoms with van der Waals surface area (Å²) in [4.78, 5) is 22.6. The van der Waals surface area contributed by atoms with E-state index >= 15 is 0 Å². The van der Waals surface area contributed by atoms with E-state index in [1.807, 2.05) is 30.3 Å². The molecule has 0 spiro atoms. The highest BCUT2D eigenvalue weighted by Crippen LogP contribution is 2.26. The van der Waals surface area contributed by atoms with Gasteiger partial charge in [-0.2, -0.15) is 0 Å². The molecular weight excluding hydrogens is 378 g/mol. The van der Waals surface area contributed by atoms with Crippen molar-refractivity contribution in [2.24, 2.45) is 0 Å². The van der Waals surface area contributed by atoms with Gasteiger partial charge in [0.2, 0.25) is 0 Å². The first-order chi connectivity index (χ1) is 11.6. The minimum Gasteiger partial charge on any atom is -0.492 e. The molecule has 0 aliphatic heterocycles. The van der Waals surface area contributed by atoms with E-state index in [-0.39, 0.29) is 23.6 Å². The van der Waals surface area contributed by atoms with Crippen LogP contribution in [0, 0.1) is 10.1 Å². The van der Waals surface area contributed by atoms with E-state index < -0.39 is 10.9 Å². The second kappa shape index (κ2) is 9.02. The van der Waals surface area contributed by atoms with Crippen LogP contribution in [0.4, 0.5) is 5.69 Å². The number of halogens is 1. The van der Waals surface area contributed by atoms with Crippen molar-refractivity contribution in [2.75, 3.05) is 11.9 Å². The van der Waals surface area contributed by atoms with Gasteiger partial charge in [-0.05, 0) is 18.1 Å². The number of carbonyl (C=O) groups excluding carboxylic acids is 1. The SMILES string of the molecule is O=C(OCc1ccccc1)c1ccc([N+](=O)[O-])cc1OCCCBr. The van der Waals surface area contributed by atoms with Gasteiger partial charge in [0.25, 0.3) is 5.69 Å². The maximum absolute atomic E-state index is 12.3. The number of nitro groups is 1. The minimum atomic E-state index is -0.581. The van der Waals surface area contributed by atoms with Gasteiger partial charge in [0, 0.05) is 11.4 Å². The third kappa shape index (κ3) is 5.06. The molecular formula is C17H16BrNO5. The average Bonchev–Trinajstić information content (AvgIpc) is 2.60. The van der Waals surface area contributed by atoms with Gasteiger partial charge in [-0.15, -0.1) is 0 Å². The van der Waals surface area contributed by atoms with Crippen LogP contribution in [0.25, 0.3) is 0 Å². The van der Waals surface area contributed by atoms with Crippen molar-refractivity contribution < 1.29 is 19.2 Å². The van der Waals surface area contributed by atoms with E-state index in [9.17, 15) is 14.9 Å². The van der Waals surface area contributed by atoms with Gasteiger partial charge in [-0.1, -0.05) is 46.3 Å². The molecule has 0 bridgehead atoms. The normalized spacial score (nSPS) is 10.2. The van der Waals surface area contributed by atoms with Crippen LogP contribution in [-0.4, -0.2) is 22.8 Å². The fourth-order valence-corrected chi connectivity index (χ4v) is 2.18. The smallest absolute Gasteiger partial charge is 0.342 e. The molecule has 0 fully saturated rings. The highest BCUT2D eigenvalue weighted by Gasteiger charge is 2.18. The number of hydrogen-bond donors (Lipinski definition) is 0. The van der Waals surface area contributed by atoms with Crippen LogP contribution in [0.3, 0.4) is 0 Å². The summed E-state index contributed by atoms with van der Waals surface area (Å²) in [6, 6.07) is 13.1. The lowest BCUT2D eigenvalue weighted by molar-refractivity contribution is -0.384. The number of carbonyl (C=O) groups is 1. The number of alkyl halides is 1. The third-order valence-corrected chi connectivity index (χ3v) is 3.70. The Kier molecular flexibility index (Phi) is 6.74. The summed E-state index contributed by atoms with van der Waals surface area (Å²) in [7, 11) is 0. The lowest BCUT2D eigenvalue weighted by atomic mass is 10.2. The fraction of sp³-hybridized carbons (Fsp3) is 0.235. The predicted octanol–water partition coefficient (Wildman–Crippen LogP) is 4.12. The monoisotopic (exact) mass is 393 g/mol. The molecule has 7 heteroatoms. The largest absolute Gasteiger partial charge is 0.492 e. The second-order valence-electron chi connectivity index (χ2n) is 4.89. The Morgan fingerprint density at radius 3 is 2.58 bits per heavy atom. The first kappa shape index (κ1) is 17.9. The molecule has 24 heavy (non-hydrogen) atoms. The summed E-state index contributed by atoms with van der Waals surface area (Å²) >= 11 is 3.28. The molecule has 2 aromatic rings. The molecule has 0 amide bonds. The Labute approximate surface area is 147 Å². The number of nitro benzene ring substituents is 1. The molecule has 6 nitrogen and oxygen atoms in total. The number of non-ortho nitro benzene ring substituents is 1. The second-order valence-corrected chi connectivity index (χ2v) is 5.68. The first-order valence-electron chi connectivity index (χ1n) is 7.30. The first-order valence-corrected chi connectivity index (χ1v) is 8.42. The molecule has 126 valence electrons. The van der Waals surface area contributed by atoms with Crippen LogP contribution in [0.2, 0.25) is 0 Å². The zero-order valence-corrected chi connectivity index (χ0v) is 14.4. The van der Waals surface area contributed by atoms with Crippen molar-refractivity contribution in [3.8, 4) is 5.75 Å². The van der Waals surface area contributed by atoms with Crippen molar-refractivity contribution in [1.82, 2.24) is 0 Å². The van der Waals surface area contributed by atoms with Crippen molar-refractivity contribution >= 4 is 27.6 Å². The summed E-state index contributed by atoms with van der Waals surface area (Å²) in [5, 5.41) is 11.6. The van der Waals surface area contributed by atoms with Gasteiger partial charge in [0.05, 0.1) is 17.6 Å². The van der Waals surface area contributed by atoms with Crippen molar-refractivity contribution in [3.63, 3.8) is 0 Å². The van der Waals surface area contributed by atoms with E-state index in [1.165, 1.54) is 18.2 Å². The summed E-state index contributed by atoms with van der Waals surface area (Å²) in [6.45, 7) is 0.461. The van der Waals surface area contributed by atoms with E-state index in [0.29, 0.717) is 13.0 Å². The Balaban J connectivity index is 2.13. The maximum atomic E-state index is 12.3. The Morgan fingerprint density at radius 1 is 1.17 bits per heavy atom. The number of nitrogens with zero attached hydrogens (tertiary/aromatic N) is 1. The van der Waals surface area contributed by atoms with Gasteiger partial charge in [0.1, 0.15) is 17.9 Å². The van der Waals surface area contributed by atoms with Crippen LogP contribution in [0.5, 0.6) is 5.75 Å². The fourth-order valence-electron chi connectivity index (χ4n) is 1.95. The van der Waals surface area contributed by atoms with Crippen molar-refractivity contribution in [1.29, 1.82) is 0 Å². The van der Waals surface area contributed by atoms with Crippen LogP contribution in [0.1, 0.15) is 22.3 Å². The molecule has 2 aromatic carbocycles. The van der Waals surface area contributed by atoms with Crippen LogP contribution in [-0.2, 0) is 11.3 Å². The molecule has 0 atom stereocenters. The topological polar surface area (TPSA) is 78.7 Å². The number of hydrogen-bond acceptors (Lipinski definition) is 5. The Bertz CT molecular complexity index is 705. The molecule has 0 saturated heterocycles. The molecule has 0 aliphatic carbocycles. The lowest BCUT2D eigenvalue weighted by Crippen LogP contribution is -2.09. The Morgan fingerprint density at radius 2 is 1.92 bits per heavy atom. The zero-order chi connectivity index (χ0) is 17.4. The highest BCUT2D eigenvalue weighted by atomic mass is 79.9. The van der Waals surface area contributed by atoms with E-state index in [2.05, 4.69) is 15.9 Å². The van der Waals surface area contributed by atoms with Gasteiger partial charge >= 0.3 is 5.97 Å². The maximum Gasteiger partial charge on any atom is 0.342 e. The van der Waals surface area contributed by atoms with Gasteiger partial charge < -0.3 is 9.47 Å². The summed E-state index contributed by atoms with van der Waals surface area (Å²) < 4.78 is 10.8. The standard InChI is InChI=1S/C17H16BrNO5/c18-9-4-10-23-16-11-14(19(21)22)7-8-15(16)17(20)24-12-13-5-2-1-3-6-13/h1-3,5-8,11H,4,9-10,12H2. The van der Waals surface area contributed by atoms with E-state index in [0.717, 1.165) is 10.9 Å². The number of benzene rings is 2. The van der Waals surface area contributed by atoms with Gasteiger partial charge in [-0.3, -0.25) is 10.1 Å². The minimum absolute atomic E-state index is 0.123. The van der Waals surface area contributed by atoms with Crippen molar-refractivity contribution in [2.45, 2.75) is 13.0 Å². The summed E-state index contributed by atoms with van der Waals surface area (Å²) in [5.74, 6) is -0.425. The molecule has 0 aromatic heterocycles. The predicted molar refractivity (Wildman–Crippen MR) is 92.6 cm³/mol. The van der Waals surface area contributed by atoms with Gasteiger partial charge in [-0.25, -0.2) is 4.79 Å². The highest BCUT2D eigenvalue weighted by molar-refractivity contribution is 9.09. The molecule has 0 unspecified atom stereocenters.